The molecule has 2 heterocycles. The van der Waals surface area contributed by atoms with Gasteiger partial charge in [-0.2, -0.15) is 5.10 Å². The quantitative estimate of drug-likeness (QED) is 0.201. The van der Waals surface area contributed by atoms with Gasteiger partial charge < -0.3 is 10.6 Å². The van der Waals surface area contributed by atoms with Crippen molar-refractivity contribution in [3.05, 3.63) is 156 Å². The lowest BCUT2D eigenvalue weighted by Gasteiger charge is -2.37. The number of halogens is 1. The fourth-order valence-corrected chi connectivity index (χ4v) is 6.30. The number of aromatic nitrogens is 2. The van der Waals surface area contributed by atoms with E-state index in [1.165, 1.54) is 12.1 Å². The molecule has 0 radical (unpaired) electrons. The van der Waals surface area contributed by atoms with Crippen molar-refractivity contribution < 1.29 is 9.18 Å². The highest BCUT2D eigenvalue weighted by atomic mass is 19.1. The smallest absolute Gasteiger partial charge is 0.228 e. The van der Waals surface area contributed by atoms with E-state index in [9.17, 15) is 9.18 Å². The first-order valence-corrected chi connectivity index (χ1v) is 14.6. The maximum atomic E-state index is 14.1. The molecule has 6 aromatic rings. The van der Waals surface area contributed by atoms with Gasteiger partial charge in [0.15, 0.2) is 0 Å². The molecule has 0 saturated carbocycles. The summed E-state index contributed by atoms with van der Waals surface area (Å²) in [7, 11) is 0. The van der Waals surface area contributed by atoms with Gasteiger partial charge in [0, 0.05) is 23.2 Å². The number of rotatable bonds is 7. The van der Waals surface area contributed by atoms with Crippen LogP contribution in [0.5, 0.6) is 0 Å². The Balaban J connectivity index is 1.52. The lowest BCUT2D eigenvalue weighted by Crippen LogP contribution is -2.38. The highest BCUT2D eigenvalue weighted by Crippen LogP contribution is 2.44. The normalized spacial score (nSPS) is 15.0. The lowest BCUT2D eigenvalue weighted by atomic mass is 9.77. The van der Waals surface area contributed by atoms with E-state index < -0.39 is 5.54 Å². The monoisotopic (exact) mass is 566 g/mol. The molecule has 1 saturated heterocycles. The molecule has 1 atom stereocenters. The van der Waals surface area contributed by atoms with E-state index in [2.05, 4.69) is 51.7 Å². The molecule has 1 unspecified atom stereocenters. The van der Waals surface area contributed by atoms with E-state index in [0.29, 0.717) is 17.9 Å². The van der Waals surface area contributed by atoms with Crippen molar-refractivity contribution in [2.24, 2.45) is 5.92 Å². The van der Waals surface area contributed by atoms with Crippen molar-refractivity contribution >= 4 is 22.5 Å². The van der Waals surface area contributed by atoms with Crippen LogP contribution >= 0.6 is 0 Å². The third-order valence-electron chi connectivity index (χ3n) is 8.39. The Hall–Kier alpha value is -5.07. The summed E-state index contributed by atoms with van der Waals surface area (Å²) in [5.41, 5.74) is 5.40. The van der Waals surface area contributed by atoms with Gasteiger partial charge in [-0.15, -0.1) is 0 Å². The van der Waals surface area contributed by atoms with Gasteiger partial charge in [0.05, 0.1) is 11.4 Å². The van der Waals surface area contributed by atoms with Crippen LogP contribution in [-0.2, 0) is 10.3 Å². The standard InChI is InChI=1S/C37H31FN4O/c38-31-18-16-26(17-19-31)35-33-24-32(40-36(43)27-22-23-39-25-27)20-21-34(33)42(41-35)37(28-10-4-1-5-11-28,29-12-6-2-7-13-29)30-14-8-3-9-15-30/h1-21,24,27,39H,22-23,25H2,(H,40,43). The van der Waals surface area contributed by atoms with Gasteiger partial charge in [-0.1, -0.05) is 91.0 Å². The molecule has 7 rings (SSSR count). The molecule has 1 aromatic heterocycles. The molecule has 1 aliphatic rings. The second-order valence-corrected chi connectivity index (χ2v) is 11.0. The first-order chi connectivity index (χ1) is 21.1. The summed E-state index contributed by atoms with van der Waals surface area (Å²) in [5.74, 6) is -0.359. The fourth-order valence-electron chi connectivity index (χ4n) is 6.30. The summed E-state index contributed by atoms with van der Waals surface area (Å²) in [6.07, 6.45) is 0.820. The van der Waals surface area contributed by atoms with E-state index in [4.69, 9.17) is 5.10 Å². The summed E-state index contributed by atoms with van der Waals surface area (Å²) in [4.78, 5) is 13.0. The van der Waals surface area contributed by atoms with E-state index >= 15 is 0 Å². The lowest BCUT2D eigenvalue weighted by molar-refractivity contribution is -0.119. The predicted molar refractivity (Wildman–Crippen MR) is 169 cm³/mol. The van der Waals surface area contributed by atoms with E-state index in [1.807, 2.05) is 72.8 Å². The second-order valence-electron chi connectivity index (χ2n) is 11.0. The van der Waals surface area contributed by atoms with Gasteiger partial charge in [0.25, 0.3) is 0 Å². The molecular formula is C37H31FN4O. The molecule has 43 heavy (non-hydrogen) atoms. The summed E-state index contributed by atoms with van der Waals surface area (Å²) in [6.45, 7) is 1.53. The van der Waals surface area contributed by atoms with Crippen LogP contribution in [0.3, 0.4) is 0 Å². The Morgan fingerprint density at radius 3 is 1.91 bits per heavy atom. The number of anilines is 1. The molecule has 212 valence electrons. The summed E-state index contributed by atoms with van der Waals surface area (Å²) in [5, 5.41) is 12.6. The molecular weight excluding hydrogens is 535 g/mol. The van der Waals surface area contributed by atoms with Crippen molar-refractivity contribution in [2.75, 3.05) is 18.4 Å². The number of hydrogen-bond acceptors (Lipinski definition) is 3. The largest absolute Gasteiger partial charge is 0.326 e. The zero-order valence-corrected chi connectivity index (χ0v) is 23.6. The van der Waals surface area contributed by atoms with Gasteiger partial charge in [0.1, 0.15) is 17.1 Å². The Morgan fingerprint density at radius 1 is 0.791 bits per heavy atom. The molecule has 0 aliphatic carbocycles. The van der Waals surface area contributed by atoms with Gasteiger partial charge in [-0.25, -0.2) is 9.07 Å². The molecule has 5 nitrogen and oxygen atoms in total. The number of hydrogen-bond donors (Lipinski definition) is 2. The summed E-state index contributed by atoms with van der Waals surface area (Å²) < 4.78 is 16.1. The molecule has 6 heteroatoms. The third-order valence-corrected chi connectivity index (χ3v) is 8.39. The van der Waals surface area contributed by atoms with Gasteiger partial charge >= 0.3 is 0 Å². The average molecular weight is 567 g/mol. The maximum Gasteiger partial charge on any atom is 0.228 e. The van der Waals surface area contributed by atoms with Crippen LogP contribution < -0.4 is 10.6 Å². The van der Waals surface area contributed by atoms with Crippen molar-refractivity contribution in [3.63, 3.8) is 0 Å². The van der Waals surface area contributed by atoms with E-state index in [1.54, 1.807) is 12.1 Å². The average Bonchev–Trinajstić information content (AvgIpc) is 3.73. The fraction of sp³-hybridized carbons (Fsp3) is 0.135. The molecule has 1 fully saturated rings. The Kier molecular flexibility index (Phi) is 7.05. The van der Waals surface area contributed by atoms with Crippen LogP contribution in [0.4, 0.5) is 10.1 Å². The third kappa shape index (κ3) is 4.80. The Morgan fingerprint density at radius 2 is 1.37 bits per heavy atom. The maximum absolute atomic E-state index is 14.1. The summed E-state index contributed by atoms with van der Waals surface area (Å²) in [6, 6.07) is 43.5. The minimum Gasteiger partial charge on any atom is -0.326 e. The number of benzene rings is 5. The second kappa shape index (κ2) is 11.3. The minimum atomic E-state index is -0.833. The van der Waals surface area contributed by atoms with Crippen molar-refractivity contribution in [3.8, 4) is 11.3 Å². The number of amides is 1. The highest BCUT2D eigenvalue weighted by molar-refractivity contribution is 5.99. The number of carbonyl (C=O) groups is 1. The molecule has 0 spiro atoms. The highest BCUT2D eigenvalue weighted by Gasteiger charge is 2.41. The topological polar surface area (TPSA) is 59.0 Å². The molecule has 5 aromatic carbocycles. The number of fused-ring (bicyclic) bond motifs is 1. The van der Waals surface area contributed by atoms with Crippen molar-refractivity contribution in [1.82, 2.24) is 15.1 Å². The molecule has 1 amide bonds. The minimum absolute atomic E-state index is 0.00674. The molecule has 1 aliphatic heterocycles. The van der Waals surface area contributed by atoms with Crippen LogP contribution in [0.2, 0.25) is 0 Å². The van der Waals surface area contributed by atoms with Crippen LogP contribution in [0.1, 0.15) is 23.1 Å². The first kappa shape index (κ1) is 26.8. The molecule has 0 bridgehead atoms. The number of nitrogens with one attached hydrogen (secondary N) is 2. The van der Waals surface area contributed by atoms with Gasteiger partial charge in [-0.05, 0) is 72.1 Å². The molecule has 2 N–H and O–H groups in total. The van der Waals surface area contributed by atoms with Gasteiger partial charge in [-0.3, -0.25) is 4.79 Å². The Bertz CT molecular complexity index is 1770. The van der Waals surface area contributed by atoms with Crippen LogP contribution in [0, 0.1) is 11.7 Å². The first-order valence-electron chi connectivity index (χ1n) is 14.6. The predicted octanol–water partition coefficient (Wildman–Crippen LogP) is 7.23. The zero-order valence-electron chi connectivity index (χ0n) is 23.6. The SMILES string of the molecule is O=C(Nc1ccc2c(c1)c(-c1ccc(F)cc1)nn2C(c1ccccc1)(c1ccccc1)c1ccccc1)C1CCNC1. The van der Waals surface area contributed by atoms with Crippen LogP contribution in [0.15, 0.2) is 133 Å². The number of carbonyl (C=O) groups excluding carboxylic acids is 1. The van der Waals surface area contributed by atoms with Crippen molar-refractivity contribution in [1.29, 1.82) is 0 Å². The van der Waals surface area contributed by atoms with Crippen LogP contribution in [0.25, 0.3) is 22.2 Å². The van der Waals surface area contributed by atoms with E-state index in [0.717, 1.165) is 46.1 Å². The van der Waals surface area contributed by atoms with Gasteiger partial charge in [0.2, 0.25) is 5.91 Å². The van der Waals surface area contributed by atoms with E-state index in [-0.39, 0.29) is 17.6 Å². The van der Waals surface area contributed by atoms with Crippen LogP contribution in [-0.4, -0.2) is 28.8 Å². The van der Waals surface area contributed by atoms with Crippen molar-refractivity contribution in [2.45, 2.75) is 12.0 Å². The zero-order chi connectivity index (χ0) is 29.2. The Labute approximate surface area is 250 Å². The number of nitrogens with zero attached hydrogens (tertiary/aromatic N) is 2. The summed E-state index contributed by atoms with van der Waals surface area (Å²) >= 11 is 0.